The third kappa shape index (κ3) is 2.61. The van der Waals surface area contributed by atoms with E-state index in [1.54, 1.807) is 0 Å². The maximum atomic E-state index is 5.48. The molecule has 1 atom stereocenters. The highest BCUT2D eigenvalue weighted by molar-refractivity contribution is 5.46. The smallest absolute Gasteiger partial charge is 0.233 e. The van der Waals surface area contributed by atoms with Crippen LogP contribution in [0.2, 0.25) is 0 Å². The Morgan fingerprint density at radius 1 is 0.885 bits per heavy atom. The molecule has 0 amide bonds. The largest absolute Gasteiger partial charge is 0.454 e. The van der Waals surface area contributed by atoms with Crippen LogP contribution in [0.5, 0.6) is 23.0 Å². The Morgan fingerprint density at radius 2 is 1.58 bits per heavy atom. The molecule has 7 heteroatoms. The molecule has 0 spiro atoms. The minimum atomic E-state index is -0.0393. The summed E-state index contributed by atoms with van der Waals surface area (Å²) in [5.41, 5.74) is 2.07. The maximum absolute atomic E-state index is 5.48. The van der Waals surface area contributed by atoms with Gasteiger partial charge in [0.05, 0.1) is 5.92 Å². The van der Waals surface area contributed by atoms with E-state index >= 15 is 0 Å². The third-order valence-corrected chi connectivity index (χ3v) is 4.55. The lowest BCUT2D eigenvalue weighted by molar-refractivity contribution is 0.173. The number of hydrogen-bond donors (Lipinski definition) is 0. The molecule has 132 valence electrons. The van der Waals surface area contributed by atoms with Crippen LogP contribution < -0.4 is 18.9 Å². The van der Waals surface area contributed by atoms with Gasteiger partial charge in [-0.25, -0.2) is 0 Å². The van der Waals surface area contributed by atoms with Crippen LogP contribution in [0.3, 0.4) is 0 Å². The van der Waals surface area contributed by atoms with Gasteiger partial charge in [-0.3, -0.25) is 0 Å². The molecule has 0 radical (unpaired) electrons. The van der Waals surface area contributed by atoms with Gasteiger partial charge in [0.25, 0.3) is 0 Å². The van der Waals surface area contributed by atoms with Crippen LogP contribution in [0.4, 0.5) is 0 Å². The fraction of sp³-hybridized carbons (Fsp3) is 0.263. The third-order valence-electron chi connectivity index (χ3n) is 4.55. The summed E-state index contributed by atoms with van der Waals surface area (Å²) in [6, 6.07) is 11.7. The SMILES string of the molecule is CC(c1ccc2c(c1)OCO2)c1nc(Cc2ccc3c(c2)OCO3)no1. The lowest BCUT2D eigenvalue weighted by atomic mass is 10.0. The predicted molar refractivity (Wildman–Crippen MR) is 89.8 cm³/mol. The van der Waals surface area contributed by atoms with Crippen LogP contribution in [0.25, 0.3) is 0 Å². The van der Waals surface area contributed by atoms with Crippen molar-refractivity contribution in [2.75, 3.05) is 13.6 Å². The first-order valence-electron chi connectivity index (χ1n) is 8.37. The summed E-state index contributed by atoms with van der Waals surface area (Å²) in [6.45, 7) is 2.54. The Balaban J connectivity index is 1.34. The molecule has 3 heterocycles. The Labute approximate surface area is 149 Å². The lowest BCUT2D eigenvalue weighted by Crippen LogP contribution is -1.98. The molecular formula is C19H16N2O5. The van der Waals surface area contributed by atoms with E-state index in [1.807, 2.05) is 43.3 Å². The molecule has 0 saturated heterocycles. The lowest BCUT2D eigenvalue weighted by Gasteiger charge is -2.07. The molecule has 7 nitrogen and oxygen atoms in total. The quantitative estimate of drug-likeness (QED) is 0.713. The highest BCUT2D eigenvalue weighted by Gasteiger charge is 2.21. The molecule has 2 aromatic carbocycles. The normalized spacial score (nSPS) is 15.3. The van der Waals surface area contributed by atoms with Gasteiger partial charge in [-0.15, -0.1) is 0 Å². The fourth-order valence-corrected chi connectivity index (χ4v) is 3.07. The van der Waals surface area contributed by atoms with Crippen LogP contribution in [-0.4, -0.2) is 23.7 Å². The van der Waals surface area contributed by atoms with E-state index < -0.39 is 0 Å². The number of fused-ring (bicyclic) bond motifs is 2. The minimum absolute atomic E-state index is 0.0393. The number of aromatic nitrogens is 2. The summed E-state index contributed by atoms with van der Waals surface area (Å²) in [5.74, 6) is 4.18. The minimum Gasteiger partial charge on any atom is -0.454 e. The molecule has 26 heavy (non-hydrogen) atoms. The predicted octanol–water partition coefficient (Wildman–Crippen LogP) is 3.27. The molecule has 1 aromatic heterocycles. The molecule has 0 saturated carbocycles. The van der Waals surface area contributed by atoms with Crippen molar-refractivity contribution in [3.05, 3.63) is 59.2 Å². The summed E-state index contributed by atoms with van der Waals surface area (Å²) >= 11 is 0. The topological polar surface area (TPSA) is 75.8 Å². The molecule has 2 aliphatic heterocycles. The van der Waals surface area contributed by atoms with Crippen LogP contribution in [-0.2, 0) is 6.42 Å². The molecular weight excluding hydrogens is 336 g/mol. The number of rotatable bonds is 4. The molecule has 0 bridgehead atoms. The second-order valence-corrected chi connectivity index (χ2v) is 6.25. The van der Waals surface area contributed by atoms with Crippen molar-refractivity contribution in [1.29, 1.82) is 0 Å². The number of hydrogen-bond acceptors (Lipinski definition) is 7. The molecule has 0 aliphatic carbocycles. The van der Waals surface area contributed by atoms with Gasteiger partial charge >= 0.3 is 0 Å². The van der Waals surface area contributed by atoms with E-state index in [4.69, 9.17) is 23.5 Å². The van der Waals surface area contributed by atoms with Crippen LogP contribution >= 0.6 is 0 Å². The van der Waals surface area contributed by atoms with Gasteiger partial charge in [0.15, 0.2) is 28.8 Å². The highest BCUT2D eigenvalue weighted by Crippen LogP contribution is 2.36. The second kappa shape index (κ2) is 5.94. The van der Waals surface area contributed by atoms with Crippen LogP contribution in [0, 0.1) is 0 Å². The Hall–Kier alpha value is -3.22. The first-order valence-corrected chi connectivity index (χ1v) is 8.37. The zero-order valence-electron chi connectivity index (χ0n) is 14.1. The van der Waals surface area contributed by atoms with Gasteiger partial charge < -0.3 is 23.5 Å². The Bertz CT molecular complexity index is 968. The fourth-order valence-electron chi connectivity index (χ4n) is 3.07. The standard InChI is InChI=1S/C19H16N2O5/c1-11(13-3-5-15-17(8-13)25-10-23-15)19-20-18(21-26-19)7-12-2-4-14-16(6-12)24-9-22-14/h2-6,8,11H,7,9-10H2,1H3. The average molecular weight is 352 g/mol. The molecule has 3 aromatic rings. The molecule has 0 fully saturated rings. The second-order valence-electron chi connectivity index (χ2n) is 6.25. The van der Waals surface area contributed by atoms with Crippen molar-refractivity contribution in [2.45, 2.75) is 19.3 Å². The van der Waals surface area contributed by atoms with Crippen molar-refractivity contribution in [2.24, 2.45) is 0 Å². The average Bonchev–Trinajstić information content (AvgIpc) is 3.40. The van der Waals surface area contributed by atoms with Gasteiger partial charge in [0, 0.05) is 6.42 Å². The molecule has 1 unspecified atom stereocenters. The van der Waals surface area contributed by atoms with Crippen molar-refractivity contribution >= 4 is 0 Å². The van der Waals surface area contributed by atoms with Gasteiger partial charge in [0.1, 0.15) is 0 Å². The van der Waals surface area contributed by atoms with Gasteiger partial charge in [-0.2, -0.15) is 4.98 Å². The zero-order valence-corrected chi connectivity index (χ0v) is 14.1. The van der Waals surface area contributed by atoms with E-state index in [0.29, 0.717) is 18.1 Å². The van der Waals surface area contributed by atoms with Gasteiger partial charge in [-0.05, 0) is 42.3 Å². The van der Waals surface area contributed by atoms with E-state index in [2.05, 4.69) is 10.1 Å². The Kier molecular flexibility index (Phi) is 3.44. The summed E-state index contributed by atoms with van der Waals surface area (Å²) in [7, 11) is 0. The van der Waals surface area contributed by atoms with Gasteiger partial charge in [0.2, 0.25) is 19.5 Å². The summed E-state index contributed by atoms with van der Waals surface area (Å²) in [6.07, 6.45) is 0.563. The summed E-state index contributed by atoms with van der Waals surface area (Å²) in [5, 5.41) is 4.11. The monoisotopic (exact) mass is 352 g/mol. The first kappa shape index (κ1) is 15.1. The maximum Gasteiger partial charge on any atom is 0.233 e. The van der Waals surface area contributed by atoms with Crippen molar-refractivity contribution in [3.8, 4) is 23.0 Å². The number of nitrogens with zero attached hydrogens (tertiary/aromatic N) is 2. The van der Waals surface area contributed by atoms with E-state index in [9.17, 15) is 0 Å². The number of benzene rings is 2. The summed E-state index contributed by atoms with van der Waals surface area (Å²) in [4.78, 5) is 4.55. The van der Waals surface area contributed by atoms with Crippen molar-refractivity contribution in [1.82, 2.24) is 10.1 Å². The first-order chi connectivity index (χ1) is 12.8. The number of ether oxygens (including phenoxy) is 4. The van der Waals surface area contributed by atoms with Gasteiger partial charge in [-0.1, -0.05) is 17.3 Å². The molecule has 2 aliphatic rings. The van der Waals surface area contributed by atoms with Crippen molar-refractivity contribution in [3.63, 3.8) is 0 Å². The molecule has 5 rings (SSSR count). The van der Waals surface area contributed by atoms with E-state index in [0.717, 1.165) is 34.1 Å². The van der Waals surface area contributed by atoms with E-state index in [1.165, 1.54) is 0 Å². The van der Waals surface area contributed by atoms with Crippen LogP contribution in [0.15, 0.2) is 40.9 Å². The highest BCUT2D eigenvalue weighted by atomic mass is 16.7. The Morgan fingerprint density at radius 3 is 2.38 bits per heavy atom. The zero-order chi connectivity index (χ0) is 17.5. The summed E-state index contributed by atoms with van der Waals surface area (Å²) < 4.78 is 27.0. The molecule has 0 N–H and O–H groups in total. The van der Waals surface area contributed by atoms with E-state index in [-0.39, 0.29) is 19.5 Å². The van der Waals surface area contributed by atoms with Crippen molar-refractivity contribution < 1.29 is 23.5 Å². The van der Waals surface area contributed by atoms with Crippen LogP contribution in [0.1, 0.15) is 35.7 Å².